The maximum Gasteiger partial charge on any atom is 0.326 e. The summed E-state index contributed by atoms with van der Waals surface area (Å²) >= 11 is 0. The number of carbonyl (C=O) groups excluding carboxylic acids is 2. The van der Waals surface area contributed by atoms with E-state index in [1.54, 1.807) is 0 Å². The monoisotopic (exact) mass is 287 g/mol. The van der Waals surface area contributed by atoms with E-state index in [0.717, 1.165) is 26.2 Å². The minimum atomic E-state index is -1.30. The number of carbonyl (C=O) groups is 3. The van der Waals surface area contributed by atoms with Crippen LogP contribution in [0.3, 0.4) is 0 Å². The summed E-state index contributed by atoms with van der Waals surface area (Å²) in [5, 5.41) is 16.8. The number of piperazine rings is 1. The second-order valence-electron chi connectivity index (χ2n) is 4.55. The molecule has 114 valence electrons. The largest absolute Gasteiger partial charge is 0.480 e. The summed E-state index contributed by atoms with van der Waals surface area (Å²) in [4.78, 5) is 35.2. The zero-order valence-corrected chi connectivity index (χ0v) is 11.2. The molecule has 1 atom stereocenters. The highest BCUT2D eigenvalue weighted by Gasteiger charge is 2.21. The van der Waals surface area contributed by atoms with Gasteiger partial charge in [0.15, 0.2) is 0 Å². The molecule has 9 nitrogen and oxygen atoms in total. The highest BCUT2D eigenvalue weighted by atomic mass is 16.4. The number of hydrogen-bond donors (Lipinski definition) is 5. The Morgan fingerprint density at radius 3 is 2.50 bits per heavy atom. The number of urea groups is 1. The van der Waals surface area contributed by atoms with E-state index in [4.69, 9.17) is 10.8 Å². The SMILES string of the molecule is NC(=O)C[C@@H](NC(=O)NCCN1CCNCC1)C(=O)O. The number of primary amides is 1. The molecule has 0 aliphatic carbocycles. The molecule has 0 radical (unpaired) electrons. The van der Waals surface area contributed by atoms with Crippen LogP contribution in [0.25, 0.3) is 0 Å². The molecule has 9 heteroatoms. The first-order valence-electron chi connectivity index (χ1n) is 6.47. The molecule has 3 amide bonds. The van der Waals surface area contributed by atoms with Gasteiger partial charge in [0, 0.05) is 39.3 Å². The topological polar surface area (TPSA) is 137 Å². The molecule has 1 saturated heterocycles. The predicted octanol–water partition coefficient (Wildman–Crippen LogP) is -2.48. The van der Waals surface area contributed by atoms with Crippen LogP contribution in [0.2, 0.25) is 0 Å². The zero-order chi connectivity index (χ0) is 15.0. The molecule has 0 saturated carbocycles. The molecular formula is C11H21N5O4. The van der Waals surface area contributed by atoms with Gasteiger partial charge in [-0.2, -0.15) is 0 Å². The Morgan fingerprint density at radius 2 is 1.95 bits per heavy atom. The lowest BCUT2D eigenvalue weighted by atomic mass is 10.2. The van der Waals surface area contributed by atoms with Gasteiger partial charge in [0.2, 0.25) is 5.91 Å². The summed E-state index contributed by atoms with van der Waals surface area (Å²) in [6.07, 6.45) is -0.430. The Hall–Kier alpha value is -1.87. The molecule has 6 N–H and O–H groups in total. The summed E-state index contributed by atoms with van der Waals surface area (Å²) in [6, 6.07) is -1.92. The van der Waals surface area contributed by atoms with Crippen molar-refractivity contribution in [1.29, 1.82) is 0 Å². The first-order valence-corrected chi connectivity index (χ1v) is 6.47. The van der Waals surface area contributed by atoms with E-state index in [1.807, 2.05) is 0 Å². The summed E-state index contributed by atoms with van der Waals surface area (Å²) < 4.78 is 0. The normalized spacial score (nSPS) is 17.2. The first-order chi connectivity index (χ1) is 9.49. The fourth-order valence-corrected chi connectivity index (χ4v) is 1.87. The smallest absolute Gasteiger partial charge is 0.326 e. The zero-order valence-electron chi connectivity index (χ0n) is 11.2. The minimum absolute atomic E-state index is 0.411. The minimum Gasteiger partial charge on any atom is -0.480 e. The second-order valence-corrected chi connectivity index (χ2v) is 4.55. The number of rotatable bonds is 7. The fraction of sp³-hybridized carbons (Fsp3) is 0.727. The van der Waals surface area contributed by atoms with Crippen molar-refractivity contribution in [3.8, 4) is 0 Å². The van der Waals surface area contributed by atoms with Gasteiger partial charge < -0.3 is 26.8 Å². The van der Waals surface area contributed by atoms with Crippen LogP contribution in [-0.4, -0.2) is 73.2 Å². The number of nitrogens with one attached hydrogen (secondary N) is 3. The maximum absolute atomic E-state index is 11.5. The van der Waals surface area contributed by atoms with Gasteiger partial charge in [0.1, 0.15) is 6.04 Å². The molecule has 0 unspecified atom stereocenters. The van der Waals surface area contributed by atoms with Crippen LogP contribution in [0.4, 0.5) is 4.79 Å². The molecule has 1 aliphatic heterocycles. The van der Waals surface area contributed by atoms with Crippen LogP contribution < -0.4 is 21.7 Å². The van der Waals surface area contributed by atoms with Crippen molar-refractivity contribution in [2.45, 2.75) is 12.5 Å². The molecule has 0 aromatic heterocycles. The Labute approximate surface area is 116 Å². The second kappa shape index (κ2) is 8.33. The van der Waals surface area contributed by atoms with E-state index in [2.05, 4.69) is 20.9 Å². The lowest BCUT2D eigenvalue weighted by Crippen LogP contribution is -2.50. The van der Waals surface area contributed by atoms with Crippen molar-refractivity contribution in [3.63, 3.8) is 0 Å². The van der Waals surface area contributed by atoms with E-state index < -0.39 is 30.4 Å². The van der Waals surface area contributed by atoms with Crippen molar-refractivity contribution in [1.82, 2.24) is 20.9 Å². The highest BCUT2D eigenvalue weighted by Crippen LogP contribution is 1.92. The first kappa shape index (κ1) is 16.2. The van der Waals surface area contributed by atoms with Crippen molar-refractivity contribution >= 4 is 17.9 Å². The van der Waals surface area contributed by atoms with Gasteiger partial charge in [0.05, 0.1) is 6.42 Å². The molecule has 1 heterocycles. The van der Waals surface area contributed by atoms with E-state index >= 15 is 0 Å². The maximum atomic E-state index is 11.5. The van der Waals surface area contributed by atoms with Gasteiger partial charge in [-0.3, -0.25) is 9.69 Å². The van der Waals surface area contributed by atoms with E-state index in [9.17, 15) is 14.4 Å². The number of nitrogens with two attached hydrogens (primary N) is 1. The number of amides is 3. The van der Waals surface area contributed by atoms with Gasteiger partial charge >= 0.3 is 12.0 Å². The van der Waals surface area contributed by atoms with Crippen LogP contribution in [0.1, 0.15) is 6.42 Å². The Morgan fingerprint density at radius 1 is 1.30 bits per heavy atom. The Balaban J connectivity index is 2.23. The van der Waals surface area contributed by atoms with Crippen LogP contribution in [-0.2, 0) is 9.59 Å². The van der Waals surface area contributed by atoms with Crippen LogP contribution >= 0.6 is 0 Å². The molecule has 20 heavy (non-hydrogen) atoms. The lowest BCUT2D eigenvalue weighted by Gasteiger charge is -2.27. The summed E-state index contributed by atoms with van der Waals surface area (Å²) in [5.74, 6) is -2.07. The van der Waals surface area contributed by atoms with Crippen LogP contribution in [0, 0.1) is 0 Å². The van der Waals surface area contributed by atoms with Gasteiger partial charge in [-0.15, -0.1) is 0 Å². The average Bonchev–Trinajstić information content (AvgIpc) is 2.38. The quantitative estimate of drug-likeness (QED) is 0.351. The third-order valence-electron chi connectivity index (χ3n) is 2.93. The Bertz CT molecular complexity index is 357. The Kier molecular flexibility index (Phi) is 6.74. The van der Waals surface area contributed by atoms with Gasteiger partial charge in [-0.1, -0.05) is 0 Å². The third kappa shape index (κ3) is 6.34. The van der Waals surface area contributed by atoms with E-state index in [-0.39, 0.29) is 0 Å². The third-order valence-corrected chi connectivity index (χ3v) is 2.93. The van der Waals surface area contributed by atoms with Gasteiger partial charge in [-0.05, 0) is 0 Å². The van der Waals surface area contributed by atoms with E-state index in [1.165, 1.54) is 0 Å². The average molecular weight is 287 g/mol. The highest BCUT2D eigenvalue weighted by molar-refractivity contribution is 5.87. The van der Waals surface area contributed by atoms with Crippen molar-refractivity contribution in [2.75, 3.05) is 39.3 Å². The number of aliphatic carboxylic acids is 1. The van der Waals surface area contributed by atoms with Gasteiger partial charge in [0.25, 0.3) is 0 Å². The number of carboxylic acid groups (broad SMARTS) is 1. The predicted molar refractivity (Wildman–Crippen MR) is 71.1 cm³/mol. The summed E-state index contributed by atoms with van der Waals surface area (Å²) in [7, 11) is 0. The molecule has 0 bridgehead atoms. The number of carboxylic acids is 1. The number of hydrogen-bond acceptors (Lipinski definition) is 5. The standard InChI is InChI=1S/C11H21N5O4/c12-9(17)7-8(10(18)19)15-11(20)14-3-6-16-4-1-13-2-5-16/h8,13H,1-7H2,(H2,12,17)(H,18,19)(H2,14,15,20)/t8-/m1/s1. The van der Waals surface area contributed by atoms with Crippen molar-refractivity contribution in [2.24, 2.45) is 5.73 Å². The molecular weight excluding hydrogens is 266 g/mol. The number of nitrogens with zero attached hydrogens (tertiary/aromatic N) is 1. The van der Waals surface area contributed by atoms with E-state index in [0.29, 0.717) is 13.1 Å². The molecule has 0 spiro atoms. The molecule has 0 aromatic carbocycles. The molecule has 0 aromatic rings. The van der Waals surface area contributed by atoms with Crippen molar-refractivity contribution < 1.29 is 19.5 Å². The molecule has 1 rings (SSSR count). The van der Waals surface area contributed by atoms with Crippen LogP contribution in [0.15, 0.2) is 0 Å². The summed E-state index contributed by atoms with van der Waals surface area (Å²) in [5.41, 5.74) is 4.92. The van der Waals surface area contributed by atoms with Crippen LogP contribution in [0.5, 0.6) is 0 Å². The molecule has 1 aliphatic rings. The molecule has 1 fully saturated rings. The van der Waals surface area contributed by atoms with Gasteiger partial charge in [-0.25, -0.2) is 9.59 Å². The summed E-state index contributed by atoms with van der Waals surface area (Å²) in [6.45, 7) is 4.79. The van der Waals surface area contributed by atoms with Crippen molar-refractivity contribution in [3.05, 3.63) is 0 Å². The lowest BCUT2D eigenvalue weighted by molar-refractivity contribution is -0.140. The fourth-order valence-electron chi connectivity index (χ4n) is 1.87.